The number of para-hydroxylation sites is 2. The number of benzene rings is 3. The van der Waals surface area contributed by atoms with E-state index < -0.39 is 0 Å². The van der Waals surface area contributed by atoms with Crippen molar-refractivity contribution in [2.45, 2.75) is 38.9 Å². The second-order valence-corrected chi connectivity index (χ2v) is 9.67. The number of carbonyl (C=O) groups is 1. The minimum absolute atomic E-state index is 0.00257. The number of hydrogen-bond donors (Lipinski definition) is 1. The summed E-state index contributed by atoms with van der Waals surface area (Å²) < 4.78 is 7.62. The first-order valence-electron chi connectivity index (χ1n) is 12.8. The molecule has 1 N–H and O–H groups in total. The summed E-state index contributed by atoms with van der Waals surface area (Å²) in [7, 11) is 1.69. The summed E-state index contributed by atoms with van der Waals surface area (Å²) in [4.78, 5) is 20.5. The number of methoxy groups -OCH3 is 1. The molecule has 1 aliphatic heterocycles. The number of rotatable bonds is 8. The molecule has 1 saturated heterocycles. The van der Waals surface area contributed by atoms with Crippen molar-refractivity contribution in [1.29, 1.82) is 0 Å². The smallest absolute Gasteiger partial charge is 0.224 e. The van der Waals surface area contributed by atoms with Crippen LogP contribution in [0.15, 0.2) is 78.9 Å². The fourth-order valence-corrected chi connectivity index (χ4v) is 5.11. The van der Waals surface area contributed by atoms with Crippen LogP contribution in [0.1, 0.15) is 42.8 Å². The molecule has 4 aromatic rings. The summed E-state index contributed by atoms with van der Waals surface area (Å²) in [6.45, 7) is 5.24. The van der Waals surface area contributed by atoms with E-state index in [9.17, 15) is 4.79 Å². The Morgan fingerprint density at radius 1 is 1.03 bits per heavy atom. The zero-order chi connectivity index (χ0) is 24.9. The van der Waals surface area contributed by atoms with Crippen LogP contribution in [0.5, 0.6) is 5.75 Å². The summed E-state index contributed by atoms with van der Waals surface area (Å²) in [5.41, 5.74) is 4.46. The molecule has 2 atom stereocenters. The largest absolute Gasteiger partial charge is 0.497 e. The predicted octanol–water partition coefficient (Wildman–Crippen LogP) is 5.18. The lowest BCUT2D eigenvalue weighted by molar-refractivity contribution is -0.127. The number of carbonyl (C=O) groups excluding carboxylic acids is 1. The van der Waals surface area contributed by atoms with Crippen LogP contribution in [0, 0.1) is 5.92 Å². The molecule has 0 unspecified atom stereocenters. The summed E-state index contributed by atoms with van der Waals surface area (Å²) in [5.74, 6) is 2.02. The molecule has 186 valence electrons. The third kappa shape index (κ3) is 5.44. The van der Waals surface area contributed by atoms with Gasteiger partial charge in [0.15, 0.2) is 0 Å². The molecule has 6 nitrogen and oxygen atoms in total. The molecule has 0 spiro atoms. The Morgan fingerprint density at radius 3 is 2.56 bits per heavy atom. The van der Waals surface area contributed by atoms with Gasteiger partial charge in [-0.25, -0.2) is 4.98 Å². The van der Waals surface area contributed by atoms with Crippen molar-refractivity contribution in [1.82, 2.24) is 19.8 Å². The second kappa shape index (κ2) is 11.0. The first-order chi connectivity index (χ1) is 17.6. The highest BCUT2D eigenvalue weighted by Crippen LogP contribution is 2.24. The highest BCUT2D eigenvalue weighted by molar-refractivity contribution is 5.79. The number of fused-ring (bicyclic) bond motifs is 1. The molecule has 3 aromatic carbocycles. The van der Waals surface area contributed by atoms with Gasteiger partial charge < -0.3 is 14.6 Å². The van der Waals surface area contributed by atoms with Gasteiger partial charge >= 0.3 is 0 Å². The molecule has 2 heterocycles. The van der Waals surface area contributed by atoms with E-state index >= 15 is 0 Å². The van der Waals surface area contributed by atoms with Crippen LogP contribution in [-0.4, -0.2) is 40.6 Å². The Morgan fingerprint density at radius 2 is 1.78 bits per heavy atom. The standard InChI is InChI=1S/C30H34N4O2/c1-22(24-9-4-3-5-10-24)31-30(35)25-11-8-18-33(20-25)21-29-32-27-12-6-7-13-28(27)34(29)19-23-14-16-26(36-2)17-15-23/h3-7,9-10,12-17,22,25H,8,11,18-21H2,1-2H3,(H,31,35)/t22-,25+/m0/s1. The quantitative estimate of drug-likeness (QED) is 0.376. The topological polar surface area (TPSA) is 59.4 Å². The molecule has 1 amide bonds. The molecule has 36 heavy (non-hydrogen) atoms. The number of nitrogens with one attached hydrogen (secondary N) is 1. The van der Waals surface area contributed by atoms with E-state index in [1.54, 1.807) is 7.11 Å². The molecule has 1 aliphatic rings. The number of amides is 1. The molecule has 1 aromatic heterocycles. The second-order valence-electron chi connectivity index (χ2n) is 9.67. The summed E-state index contributed by atoms with van der Waals surface area (Å²) in [5, 5.41) is 3.23. The molecule has 1 fully saturated rings. The number of hydrogen-bond acceptors (Lipinski definition) is 4. The maximum absolute atomic E-state index is 13.1. The van der Waals surface area contributed by atoms with Crippen LogP contribution in [0.2, 0.25) is 0 Å². The minimum atomic E-state index is -0.00988. The molecular weight excluding hydrogens is 448 g/mol. The molecular formula is C30H34N4O2. The lowest BCUT2D eigenvalue weighted by Crippen LogP contribution is -2.43. The van der Waals surface area contributed by atoms with Crippen molar-refractivity contribution in [3.05, 3.63) is 95.8 Å². The lowest BCUT2D eigenvalue weighted by atomic mass is 9.96. The van der Waals surface area contributed by atoms with Gasteiger partial charge in [0.05, 0.1) is 36.6 Å². The average Bonchev–Trinajstić information content (AvgIpc) is 3.26. The van der Waals surface area contributed by atoms with Gasteiger partial charge in [0.2, 0.25) is 5.91 Å². The SMILES string of the molecule is COc1ccc(Cn2c(CN3CCC[C@@H](C(=O)N[C@@H](C)c4ccccc4)C3)nc3ccccc32)cc1. The van der Waals surface area contributed by atoms with Crippen LogP contribution in [0.3, 0.4) is 0 Å². The Kier molecular flexibility index (Phi) is 7.33. The Bertz CT molecular complexity index is 1300. The number of nitrogens with zero attached hydrogens (tertiary/aromatic N) is 3. The average molecular weight is 483 g/mol. The third-order valence-electron chi connectivity index (χ3n) is 7.13. The minimum Gasteiger partial charge on any atom is -0.497 e. The van der Waals surface area contributed by atoms with Crippen molar-refractivity contribution in [3.63, 3.8) is 0 Å². The summed E-state index contributed by atoms with van der Waals surface area (Å²) in [6, 6.07) is 26.7. The van der Waals surface area contributed by atoms with Gasteiger partial charge in [-0.15, -0.1) is 0 Å². The van der Waals surface area contributed by atoms with Crippen molar-refractivity contribution in [2.24, 2.45) is 5.92 Å². The molecule has 0 bridgehead atoms. The van der Waals surface area contributed by atoms with Gasteiger partial charge in [-0.3, -0.25) is 9.69 Å². The van der Waals surface area contributed by atoms with E-state index in [-0.39, 0.29) is 17.9 Å². The fraction of sp³-hybridized carbons (Fsp3) is 0.333. The van der Waals surface area contributed by atoms with Crippen molar-refractivity contribution in [2.75, 3.05) is 20.2 Å². The van der Waals surface area contributed by atoms with E-state index in [1.165, 1.54) is 5.56 Å². The normalized spacial score (nSPS) is 17.1. The van der Waals surface area contributed by atoms with E-state index in [4.69, 9.17) is 9.72 Å². The Labute approximate surface area is 212 Å². The van der Waals surface area contributed by atoms with Crippen LogP contribution < -0.4 is 10.1 Å². The maximum Gasteiger partial charge on any atom is 0.224 e. The molecule has 0 radical (unpaired) electrons. The van der Waals surface area contributed by atoms with E-state index in [2.05, 4.69) is 64.2 Å². The van der Waals surface area contributed by atoms with Gasteiger partial charge in [0, 0.05) is 13.1 Å². The van der Waals surface area contributed by atoms with Crippen molar-refractivity contribution < 1.29 is 9.53 Å². The van der Waals surface area contributed by atoms with E-state index in [0.717, 1.165) is 67.2 Å². The maximum atomic E-state index is 13.1. The van der Waals surface area contributed by atoms with Gasteiger partial charge in [-0.2, -0.15) is 0 Å². The van der Waals surface area contributed by atoms with Crippen LogP contribution in [0.4, 0.5) is 0 Å². The van der Waals surface area contributed by atoms with Crippen LogP contribution >= 0.6 is 0 Å². The highest BCUT2D eigenvalue weighted by Gasteiger charge is 2.28. The van der Waals surface area contributed by atoms with E-state index in [1.807, 2.05) is 36.4 Å². The molecule has 6 heteroatoms. The summed E-state index contributed by atoms with van der Waals surface area (Å²) >= 11 is 0. The monoisotopic (exact) mass is 482 g/mol. The zero-order valence-electron chi connectivity index (χ0n) is 21.1. The number of aromatic nitrogens is 2. The van der Waals surface area contributed by atoms with Gasteiger partial charge in [0.1, 0.15) is 11.6 Å². The van der Waals surface area contributed by atoms with Crippen LogP contribution in [0.25, 0.3) is 11.0 Å². The van der Waals surface area contributed by atoms with Crippen molar-refractivity contribution in [3.8, 4) is 5.75 Å². The van der Waals surface area contributed by atoms with Crippen LogP contribution in [-0.2, 0) is 17.9 Å². The van der Waals surface area contributed by atoms with Crippen molar-refractivity contribution >= 4 is 16.9 Å². The molecule has 0 saturated carbocycles. The van der Waals surface area contributed by atoms with Gasteiger partial charge in [0.25, 0.3) is 0 Å². The summed E-state index contributed by atoms with van der Waals surface area (Å²) in [6.07, 6.45) is 1.93. The number of piperidine rings is 1. The van der Waals surface area contributed by atoms with E-state index in [0.29, 0.717) is 0 Å². The fourth-order valence-electron chi connectivity index (χ4n) is 5.11. The van der Waals surface area contributed by atoms with Gasteiger partial charge in [-0.05, 0) is 61.7 Å². The Hall–Kier alpha value is -3.64. The van der Waals surface area contributed by atoms with Gasteiger partial charge in [-0.1, -0.05) is 54.6 Å². The lowest BCUT2D eigenvalue weighted by Gasteiger charge is -2.32. The molecule has 0 aliphatic carbocycles. The zero-order valence-corrected chi connectivity index (χ0v) is 21.1. The predicted molar refractivity (Wildman–Crippen MR) is 143 cm³/mol. The number of ether oxygens (including phenoxy) is 1. The highest BCUT2D eigenvalue weighted by atomic mass is 16.5. The molecule has 5 rings (SSSR count). The Balaban J connectivity index is 1.30. The number of imidazole rings is 1. The number of likely N-dealkylation sites (tertiary alicyclic amines) is 1. The third-order valence-corrected chi connectivity index (χ3v) is 7.13. The first kappa shape index (κ1) is 24.1. The first-order valence-corrected chi connectivity index (χ1v) is 12.8.